The summed E-state index contributed by atoms with van der Waals surface area (Å²) in [6, 6.07) is 2.99. The number of aliphatic hydroxyl groups excluding tert-OH is 1. The molecule has 94 valence electrons. The first-order valence-corrected chi connectivity index (χ1v) is 5.83. The van der Waals surface area contributed by atoms with E-state index >= 15 is 0 Å². The van der Waals surface area contributed by atoms with Crippen molar-refractivity contribution in [3.8, 4) is 0 Å². The number of carbonyl (C=O) groups excluding carboxylic acids is 1. The molecule has 0 radical (unpaired) electrons. The first-order valence-electron chi connectivity index (χ1n) is 5.08. The van der Waals surface area contributed by atoms with E-state index in [2.05, 4.69) is 0 Å². The highest BCUT2D eigenvalue weighted by Crippen LogP contribution is 2.29. The maximum absolute atomic E-state index is 12.0. The summed E-state index contributed by atoms with van der Waals surface area (Å²) in [6.45, 7) is 0.473. The Kier molecular flexibility index (Phi) is 5.05. The average molecular weight is 277 g/mol. The molecule has 0 heterocycles. The van der Waals surface area contributed by atoms with Crippen LogP contribution in [0.25, 0.3) is 0 Å². The van der Waals surface area contributed by atoms with Crippen molar-refractivity contribution in [2.24, 2.45) is 0 Å². The molecule has 0 fully saturated rings. The summed E-state index contributed by atoms with van der Waals surface area (Å²) in [4.78, 5) is 13.5. The molecule has 0 spiro atoms. The number of hydrogen-bond donors (Lipinski definition) is 2. The van der Waals surface area contributed by atoms with Gasteiger partial charge >= 0.3 is 0 Å². The van der Waals surface area contributed by atoms with Crippen LogP contribution in [-0.4, -0.2) is 36.1 Å². The molecule has 0 unspecified atom stereocenters. The van der Waals surface area contributed by atoms with Crippen LogP contribution >= 0.6 is 23.2 Å². The van der Waals surface area contributed by atoms with E-state index in [0.717, 1.165) is 0 Å². The second kappa shape index (κ2) is 6.10. The Morgan fingerprint density at radius 3 is 2.71 bits per heavy atom. The summed E-state index contributed by atoms with van der Waals surface area (Å²) in [5.41, 5.74) is 6.27. The Morgan fingerprint density at radius 2 is 2.12 bits per heavy atom. The molecule has 1 amide bonds. The van der Waals surface area contributed by atoms with Crippen molar-refractivity contribution in [1.82, 2.24) is 4.90 Å². The van der Waals surface area contributed by atoms with E-state index in [0.29, 0.717) is 18.7 Å². The Labute approximate surface area is 110 Å². The molecule has 0 saturated heterocycles. The monoisotopic (exact) mass is 276 g/mol. The van der Waals surface area contributed by atoms with Crippen molar-refractivity contribution < 1.29 is 9.90 Å². The van der Waals surface area contributed by atoms with E-state index in [1.54, 1.807) is 7.05 Å². The lowest BCUT2D eigenvalue weighted by Gasteiger charge is -2.18. The topological polar surface area (TPSA) is 66.6 Å². The number of halogens is 2. The van der Waals surface area contributed by atoms with Crippen molar-refractivity contribution in [2.75, 3.05) is 25.9 Å². The molecule has 1 rings (SSSR count). The molecular weight excluding hydrogens is 263 g/mol. The van der Waals surface area contributed by atoms with Gasteiger partial charge in [0, 0.05) is 25.9 Å². The maximum atomic E-state index is 12.0. The number of nitrogens with two attached hydrogens (primary N) is 1. The zero-order valence-corrected chi connectivity index (χ0v) is 10.9. The minimum Gasteiger partial charge on any atom is -0.399 e. The van der Waals surface area contributed by atoms with Crippen LogP contribution < -0.4 is 5.73 Å². The fourth-order valence-electron chi connectivity index (χ4n) is 1.38. The summed E-state index contributed by atoms with van der Waals surface area (Å²) in [5.74, 6) is -0.266. The predicted molar refractivity (Wildman–Crippen MR) is 69.5 cm³/mol. The van der Waals surface area contributed by atoms with Gasteiger partial charge in [-0.3, -0.25) is 4.79 Å². The Hall–Kier alpha value is -0.970. The molecule has 6 heteroatoms. The average Bonchev–Trinajstić information content (AvgIpc) is 2.29. The largest absolute Gasteiger partial charge is 0.399 e. The van der Waals surface area contributed by atoms with Crippen LogP contribution in [0.4, 0.5) is 5.69 Å². The lowest BCUT2D eigenvalue weighted by Crippen LogP contribution is -2.28. The number of amides is 1. The molecule has 0 bridgehead atoms. The number of anilines is 1. The number of nitrogen functional groups attached to an aromatic ring is 1. The van der Waals surface area contributed by atoms with Gasteiger partial charge in [-0.1, -0.05) is 23.2 Å². The van der Waals surface area contributed by atoms with Crippen LogP contribution in [-0.2, 0) is 0 Å². The molecule has 3 N–H and O–H groups in total. The van der Waals surface area contributed by atoms with Crippen LogP contribution in [0.2, 0.25) is 10.0 Å². The molecule has 0 saturated carbocycles. The number of rotatable bonds is 4. The Bertz CT molecular complexity index is 424. The van der Waals surface area contributed by atoms with Crippen molar-refractivity contribution in [2.45, 2.75) is 6.42 Å². The zero-order chi connectivity index (χ0) is 13.0. The molecule has 17 heavy (non-hydrogen) atoms. The standard InChI is InChI=1S/C11H14Cl2N2O2/c1-15(3-2-4-16)11(17)8-5-7(14)6-9(12)10(8)13/h5-6,16H,2-4,14H2,1H3. The van der Waals surface area contributed by atoms with E-state index < -0.39 is 0 Å². The summed E-state index contributed by atoms with van der Waals surface area (Å²) in [5, 5.41) is 9.16. The number of hydrogen-bond acceptors (Lipinski definition) is 3. The van der Waals surface area contributed by atoms with E-state index in [4.69, 9.17) is 34.0 Å². The van der Waals surface area contributed by atoms with Gasteiger partial charge in [0.1, 0.15) is 0 Å². The van der Waals surface area contributed by atoms with Crippen LogP contribution in [0.3, 0.4) is 0 Å². The van der Waals surface area contributed by atoms with Gasteiger partial charge in [-0.05, 0) is 18.6 Å². The van der Waals surface area contributed by atoms with Crippen molar-refractivity contribution in [3.63, 3.8) is 0 Å². The maximum Gasteiger partial charge on any atom is 0.255 e. The fraction of sp³-hybridized carbons (Fsp3) is 0.364. The van der Waals surface area contributed by atoms with E-state index in [-0.39, 0.29) is 28.1 Å². The van der Waals surface area contributed by atoms with Gasteiger partial charge < -0.3 is 15.7 Å². The molecule has 0 aliphatic rings. The van der Waals surface area contributed by atoms with Gasteiger partial charge in [-0.2, -0.15) is 0 Å². The minimum atomic E-state index is -0.266. The number of nitrogens with zero attached hydrogens (tertiary/aromatic N) is 1. The predicted octanol–water partition coefficient (Wildman–Crippen LogP) is 2.03. The zero-order valence-electron chi connectivity index (χ0n) is 9.41. The minimum absolute atomic E-state index is 0.0308. The lowest BCUT2D eigenvalue weighted by atomic mass is 10.1. The highest BCUT2D eigenvalue weighted by Gasteiger charge is 2.17. The number of carbonyl (C=O) groups is 1. The molecule has 0 aromatic heterocycles. The third-order valence-electron chi connectivity index (χ3n) is 2.28. The summed E-state index contributed by atoms with van der Waals surface area (Å²) in [6.07, 6.45) is 0.510. The van der Waals surface area contributed by atoms with Crippen LogP contribution in [0, 0.1) is 0 Å². The van der Waals surface area contributed by atoms with Crippen molar-refractivity contribution in [3.05, 3.63) is 27.7 Å². The molecular formula is C11H14Cl2N2O2. The highest BCUT2D eigenvalue weighted by atomic mass is 35.5. The third kappa shape index (κ3) is 3.49. The molecule has 0 atom stereocenters. The highest BCUT2D eigenvalue weighted by molar-refractivity contribution is 6.44. The molecule has 1 aromatic rings. The third-order valence-corrected chi connectivity index (χ3v) is 3.08. The molecule has 0 aliphatic carbocycles. The molecule has 0 aliphatic heterocycles. The van der Waals surface area contributed by atoms with Crippen LogP contribution in [0.5, 0.6) is 0 Å². The van der Waals surface area contributed by atoms with Gasteiger partial charge in [0.2, 0.25) is 0 Å². The van der Waals surface area contributed by atoms with E-state index in [1.807, 2.05) is 0 Å². The normalized spacial score (nSPS) is 10.4. The second-order valence-electron chi connectivity index (χ2n) is 3.67. The molecule has 1 aromatic carbocycles. The fourth-order valence-corrected chi connectivity index (χ4v) is 1.80. The van der Waals surface area contributed by atoms with E-state index in [9.17, 15) is 4.79 Å². The van der Waals surface area contributed by atoms with Crippen molar-refractivity contribution >= 4 is 34.8 Å². The summed E-state index contributed by atoms with van der Waals surface area (Å²) >= 11 is 11.8. The Balaban J connectivity index is 2.96. The van der Waals surface area contributed by atoms with Crippen LogP contribution in [0.1, 0.15) is 16.8 Å². The SMILES string of the molecule is CN(CCCO)C(=O)c1cc(N)cc(Cl)c1Cl. The van der Waals surface area contributed by atoms with Gasteiger partial charge in [0.15, 0.2) is 0 Å². The van der Waals surface area contributed by atoms with Gasteiger partial charge in [-0.15, -0.1) is 0 Å². The summed E-state index contributed by atoms with van der Waals surface area (Å²) in [7, 11) is 1.63. The number of benzene rings is 1. The molecule has 4 nitrogen and oxygen atoms in total. The smallest absolute Gasteiger partial charge is 0.255 e. The second-order valence-corrected chi connectivity index (χ2v) is 4.45. The Morgan fingerprint density at radius 1 is 1.47 bits per heavy atom. The first-order chi connectivity index (χ1) is 7.97. The van der Waals surface area contributed by atoms with E-state index in [1.165, 1.54) is 17.0 Å². The summed E-state index contributed by atoms with van der Waals surface area (Å²) < 4.78 is 0. The first kappa shape index (κ1) is 14.1. The number of aliphatic hydroxyl groups is 1. The van der Waals surface area contributed by atoms with Crippen LogP contribution in [0.15, 0.2) is 12.1 Å². The van der Waals surface area contributed by atoms with Gasteiger partial charge in [0.25, 0.3) is 5.91 Å². The van der Waals surface area contributed by atoms with Gasteiger partial charge in [0.05, 0.1) is 15.6 Å². The lowest BCUT2D eigenvalue weighted by molar-refractivity contribution is 0.0786. The quantitative estimate of drug-likeness (QED) is 0.827. The van der Waals surface area contributed by atoms with Crippen molar-refractivity contribution in [1.29, 1.82) is 0 Å². The van der Waals surface area contributed by atoms with Gasteiger partial charge in [-0.25, -0.2) is 0 Å².